The molecule has 0 saturated carbocycles. The van der Waals surface area contributed by atoms with E-state index in [-0.39, 0.29) is 11.8 Å². The Morgan fingerprint density at radius 3 is 2.50 bits per heavy atom. The second-order valence-corrected chi connectivity index (χ2v) is 5.58. The van der Waals surface area contributed by atoms with Gasteiger partial charge in [0.15, 0.2) is 0 Å². The fourth-order valence-corrected chi connectivity index (χ4v) is 2.83. The molecule has 0 saturated heterocycles. The van der Waals surface area contributed by atoms with Gasteiger partial charge in [0.1, 0.15) is 0 Å². The number of carbonyl (C=O) groups excluding carboxylic acids is 1. The molecule has 1 aliphatic rings. The number of nitrogens with one attached hydrogen (secondary N) is 1. The highest BCUT2D eigenvalue weighted by atomic mass is 35.5. The predicted molar refractivity (Wildman–Crippen MR) is 82.3 cm³/mol. The van der Waals surface area contributed by atoms with E-state index in [0.29, 0.717) is 11.4 Å². The zero-order valence-electron chi connectivity index (χ0n) is 11.3. The molecule has 1 amide bonds. The summed E-state index contributed by atoms with van der Waals surface area (Å²) in [7, 11) is 0. The average Bonchev–Trinajstić information content (AvgIpc) is 2.76. The molecule has 1 atom stereocenters. The minimum Gasteiger partial charge on any atom is -0.325 e. The average molecular weight is 286 g/mol. The van der Waals surface area contributed by atoms with Gasteiger partial charge in [-0.2, -0.15) is 0 Å². The van der Waals surface area contributed by atoms with Crippen molar-refractivity contribution in [3.8, 4) is 0 Å². The molecule has 0 aromatic heterocycles. The molecule has 0 aliphatic carbocycles. The third kappa shape index (κ3) is 2.44. The summed E-state index contributed by atoms with van der Waals surface area (Å²) >= 11 is 6.04. The first kappa shape index (κ1) is 13.2. The Kier molecular flexibility index (Phi) is 3.49. The van der Waals surface area contributed by atoms with E-state index in [2.05, 4.69) is 36.5 Å². The van der Waals surface area contributed by atoms with Crippen LogP contribution < -0.4 is 5.32 Å². The quantitative estimate of drug-likeness (QED) is 0.900. The Labute approximate surface area is 123 Å². The summed E-state index contributed by atoms with van der Waals surface area (Å²) in [6.07, 6.45) is 1.74. The summed E-state index contributed by atoms with van der Waals surface area (Å²) in [6.45, 7) is 2.14. The van der Waals surface area contributed by atoms with Gasteiger partial charge in [-0.25, -0.2) is 0 Å². The number of fused-ring (bicyclic) bond motifs is 1. The zero-order chi connectivity index (χ0) is 14.1. The van der Waals surface area contributed by atoms with Crippen molar-refractivity contribution in [1.82, 2.24) is 0 Å². The van der Waals surface area contributed by atoms with Crippen LogP contribution in [0, 0.1) is 0 Å². The fraction of sp³-hybridized carbons (Fsp3) is 0.235. The molecule has 1 heterocycles. The number of hydrogen-bond acceptors (Lipinski definition) is 1. The van der Waals surface area contributed by atoms with E-state index in [9.17, 15) is 4.79 Å². The summed E-state index contributed by atoms with van der Waals surface area (Å²) < 4.78 is 0. The molecule has 1 aliphatic heterocycles. The van der Waals surface area contributed by atoms with Gasteiger partial charge in [-0.15, -0.1) is 0 Å². The lowest BCUT2D eigenvalue weighted by Crippen LogP contribution is -2.14. The lowest BCUT2D eigenvalue weighted by Gasteiger charge is -2.09. The maximum Gasteiger partial charge on any atom is 0.232 e. The Morgan fingerprint density at radius 2 is 1.80 bits per heavy atom. The van der Waals surface area contributed by atoms with Crippen LogP contribution in [-0.2, 0) is 17.6 Å². The summed E-state index contributed by atoms with van der Waals surface area (Å²) in [4.78, 5) is 12.1. The molecule has 0 fully saturated rings. The maximum atomic E-state index is 12.1. The normalized spacial score (nSPS) is 16.9. The molecule has 3 heteroatoms. The number of rotatable bonds is 3. The van der Waals surface area contributed by atoms with E-state index in [1.165, 1.54) is 11.1 Å². The number of halogens is 1. The highest BCUT2D eigenvalue weighted by molar-refractivity contribution is 6.31. The fourth-order valence-electron chi connectivity index (χ4n) is 2.65. The SMILES string of the molecule is CCc1ccc(CC2C(=O)Nc3ccc(Cl)cc32)cc1. The van der Waals surface area contributed by atoms with Gasteiger partial charge in [0.2, 0.25) is 5.91 Å². The van der Waals surface area contributed by atoms with Crippen molar-refractivity contribution < 1.29 is 4.79 Å². The van der Waals surface area contributed by atoms with E-state index >= 15 is 0 Å². The van der Waals surface area contributed by atoms with E-state index < -0.39 is 0 Å². The highest BCUT2D eigenvalue weighted by Crippen LogP contribution is 2.36. The minimum absolute atomic E-state index is 0.0573. The molecule has 2 nitrogen and oxygen atoms in total. The first-order valence-electron chi connectivity index (χ1n) is 6.85. The molecule has 0 radical (unpaired) electrons. The molecule has 2 aromatic rings. The molecule has 1 N–H and O–H groups in total. The van der Waals surface area contributed by atoms with Gasteiger partial charge in [0.25, 0.3) is 0 Å². The Bertz CT molecular complexity index is 649. The molecule has 0 bridgehead atoms. The standard InChI is InChI=1S/C17H16ClNO/c1-2-11-3-5-12(6-4-11)9-15-14-10-13(18)7-8-16(14)19-17(15)20/h3-8,10,15H,2,9H2,1H3,(H,19,20). The number of anilines is 1. The first-order valence-corrected chi connectivity index (χ1v) is 7.23. The summed E-state index contributed by atoms with van der Waals surface area (Å²) in [5.74, 6) is -0.0852. The Hall–Kier alpha value is -1.80. The number of aryl methyl sites for hydroxylation is 1. The van der Waals surface area contributed by atoms with Crippen molar-refractivity contribution in [3.05, 3.63) is 64.2 Å². The number of hydrogen-bond donors (Lipinski definition) is 1. The van der Waals surface area contributed by atoms with Crippen LogP contribution in [0.1, 0.15) is 29.5 Å². The largest absolute Gasteiger partial charge is 0.325 e. The van der Waals surface area contributed by atoms with Crippen LogP contribution >= 0.6 is 11.6 Å². The number of carbonyl (C=O) groups is 1. The molecule has 0 spiro atoms. The van der Waals surface area contributed by atoms with Crippen LogP contribution in [-0.4, -0.2) is 5.91 Å². The first-order chi connectivity index (χ1) is 9.67. The molecule has 3 rings (SSSR count). The third-order valence-corrected chi connectivity index (χ3v) is 4.07. The van der Waals surface area contributed by atoms with Crippen LogP contribution in [0.15, 0.2) is 42.5 Å². The Balaban J connectivity index is 1.87. The predicted octanol–water partition coefficient (Wildman–Crippen LogP) is 4.18. The zero-order valence-corrected chi connectivity index (χ0v) is 12.1. The van der Waals surface area contributed by atoms with E-state index in [0.717, 1.165) is 17.7 Å². The van der Waals surface area contributed by atoms with Gasteiger partial charge >= 0.3 is 0 Å². The van der Waals surface area contributed by atoms with E-state index in [1.54, 1.807) is 6.07 Å². The van der Waals surface area contributed by atoms with Crippen molar-refractivity contribution in [3.63, 3.8) is 0 Å². The van der Waals surface area contributed by atoms with Gasteiger partial charge in [-0.3, -0.25) is 4.79 Å². The summed E-state index contributed by atoms with van der Waals surface area (Å²) in [5, 5.41) is 3.59. The van der Waals surface area contributed by atoms with Crippen molar-refractivity contribution in [2.75, 3.05) is 5.32 Å². The van der Waals surface area contributed by atoms with Crippen LogP contribution in [0.3, 0.4) is 0 Å². The molecule has 2 aromatic carbocycles. The number of benzene rings is 2. The van der Waals surface area contributed by atoms with E-state index in [4.69, 9.17) is 11.6 Å². The summed E-state index contributed by atoms with van der Waals surface area (Å²) in [5.41, 5.74) is 4.37. The lowest BCUT2D eigenvalue weighted by atomic mass is 9.93. The topological polar surface area (TPSA) is 29.1 Å². The van der Waals surface area contributed by atoms with Crippen molar-refractivity contribution in [1.29, 1.82) is 0 Å². The van der Waals surface area contributed by atoms with Gasteiger partial charge < -0.3 is 5.32 Å². The van der Waals surface area contributed by atoms with Gasteiger partial charge in [0.05, 0.1) is 5.92 Å². The van der Waals surface area contributed by atoms with Crippen molar-refractivity contribution in [2.45, 2.75) is 25.7 Å². The van der Waals surface area contributed by atoms with Crippen molar-refractivity contribution in [2.24, 2.45) is 0 Å². The lowest BCUT2D eigenvalue weighted by molar-refractivity contribution is -0.117. The van der Waals surface area contributed by atoms with Gasteiger partial charge in [-0.05, 0) is 47.7 Å². The smallest absolute Gasteiger partial charge is 0.232 e. The summed E-state index contributed by atoms with van der Waals surface area (Å²) in [6, 6.07) is 14.0. The molecule has 102 valence electrons. The van der Waals surface area contributed by atoms with Crippen molar-refractivity contribution >= 4 is 23.2 Å². The van der Waals surface area contributed by atoms with Crippen LogP contribution in [0.25, 0.3) is 0 Å². The van der Waals surface area contributed by atoms with Gasteiger partial charge in [-0.1, -0.05) is 42.8 Å². The minimum atomic E-state index is -0.142. The monoisotopic (exact) mass is 285 g/mol. The second kappa shape index (κ2) is 5.29. The number of amides is 1. The Morgan fingerprint density at radius 1 is 1.10 bits per heavy atom. The van der Waals surface area contributed by atoms with Crippen LogP contribution in [0.5, 0.6) is 0 Å². The maximum absolute atomic E-state index is 12.1. The molecule has 20 heavy (non-hydrogen) atoms. The van der Waals surface area contributed by atoms with Gasteiger partial charge in [0, 0.05) is 10.7 Å². The molecule has 1 unspecified atom stereocenters. The van der Waals surface area contributed by atoms with E-state index in [1.807, 2.05) is 12.1 Å². The molecular weight excluding hydrogens is 270 g/mol. The van der Waals surface area contributed by atoms with Crippen LogP contribution in [0.4, 0.5) is 5.69 Å². The molecular formula is C17H16ClNO. The van der Waals surface area contributed by atoms with Crippen LogP contribution in [0.2, 0.25) is 5.02 Å². The second-order valence-electron chi connectivity index (χ2n) is 5.15. The highest BCUT2D eigenvalue weighted by Gasteiger charge is 2.30. The third-order valence-electron chi connectivity index (χ3n) is 3.83.